The molecule has 4 nitrogen and oxygen atoms in total. The molecule has 3 rings (SSSR count). The highest BCUT2D eigenvalue weighted by molar-refractivity contribution is 9.10. The van der Waals surface area contributed by atoms with Gasteiger partial charge in [0.1, 0.15) is 4.64 Å². The van der Waals surface area contributed by atoms with Crippen LogP contribution in [-0.2, 0) is 4.74 Å². The molecule has 1 aliphatic rings. The number of aromatic nitrogens is 2. The van der Waals surface area contributed by atoms with Gasteiger partial charge in [-0.3, -0.25) is 0 Å². The summed E-state index contributed by atoms with van der Waals surface area (Å²) in [6.07, 6.45) is 0. The molecule has 2 heterocycles. The van der Waals surface area contributed by atoms with E-state index in [1.54, 1.807) is 0 Å². The van der Waals surface area contributed by atoms with Gasteiger partial charge in [-0.05, 0) is 21.5 Å². The van der Waals surface area contributed by atoms with E-state index in [-0.39, 0.29) is 0 Å². The molecule has 0 bridgehead atoms. The first-order chi connectivity index (χ1) is 9.75. The summed E-state index contributed by atoms with van der Waals surface area (Å²) in [7, 11) is 0. The van der Waals surface area contributed by atoms with E-state index >= 15 is 0 Å². The molecule has 1 N–H and O–H groups in total. The van der Waals surface area contributed by atoms with Gasteiger partial charge in [0.15, 0.2) is 0 Å². The summed E-state index contributed by atoms with van der Waals surface area (Å²) < 4.78 is 6.77. The van der Waals surface area contributed by atoms with Crippen LogP contribution in [0, 0.1) is 4.64 Å². The summed E-state index contributed by atoms with van der Waals surface area (Å²) in [4.78, 5) is 10.0. The molecule has 0 saturated carbocycles. The molecule has 104 valence electrons. The molecule has 1 aromatic heterocycles. The molecule has 0 aliphatic carbocycles. The van der Waals surface area contributed by atoms with Gasteiger partial charge in [-0.25, -0.2) is 4.98 Å². The van der Waals surface area contributed by atoms with Crippen LogP contribution in [-0.4, -0.2) is 36.3 Å². The van der Waals surface area contributed by atoms with Gasteiger partial charge in [0.2, 0.25) is 5.95 Å². The SMILES string of the molecule is S=c1nc(N2CCOCC2)[nH]c(-c2ccccc2)c1Br. The summed E-state index contributed by atoms with van der Waals surface area (Å²) in [6, 6.07) is 10.1. The topological polar surface area (TPSA) is 41.2 Å². The van der Waals surface area contributed by atoms with Gasteiger partial charge >= 0.3 is 0 Å². The Hall–Kier alpha value is -1.24. The number of benzene rings is 1. The first-order valence-corrected chi connectivity index (χ1v) is 7.64. The van der Waals surface area contributed by atoms with Gasteiger partial charge in [-0.1, -0.05) is 42.5 Å². The van der Waals surface area contributed by atoms with Crippen LogP contribution in [0.25, 0.3) is 11.3 Å². The van der Waals surface area contributed by atoms with Gasteiger partial charge < -0.3 is 14.6 Å². The molecular formula is C14H14BrN3OS. The van der Waals surface area contributed by atoms with Crippen LogP contribution >= 0.6 is 28.1 Å². The molecule has 20 heavy (non-hydrogen) atoms. The number of hydrogen-bond donors (Lipinski definition) is 1. The van der Waals surface area contributed by atoms with Gasteiger partial charge in [0.25, 0.3) is 0 Å². The molecular weight excluding hydrogens is 338 g/mol. The maximum absolute atomic E-state index is 5.37. The molecule has 0 amide bonds. The van der Waals surface area contributed by atoms with E-state index in [0.717, 1.165) is 48.0 Å². The van der Waals surface area contributed by atoms with Crippen molar-refractivity contribution in [3.05, 3.63) is 39.4 Å². The van der Waals surface area contributed by atoms with E-state index < -0.39 is 0 Å². The predicted octanol–water partition coefficient (Wildman–Crippen LogP) is 3.41. The minimum atomic E-state index is 0.573. The van der Waals surface area contributed by atoms with Gasteiger partial charge in [0, 0.05) is 13.1 Å². The molecule has 0 unspecified atom stereocenters. The summed E-state index contributed by atoms with van der Waals surface area (Å²) in [5.74, 6) is 0.806. The number of rotatable bonds is 2. The van der Waals surface area contributed by atoms with Crippen LogP contribution in [0.4, 0.5) is 5.95 Å². The number of aromatic amines is 1. The number of halogens is 1. The van der Waals surface area contributed by atoms with Gasteiger partial charge in [-0.2, -0.15) is 0 Å². The largest absolute Gasteiger partial charge is 0.378 e. The van der Waals surface area contributed by atoms with Crippen molar-refractivity contribution in [2.75, 3.05) is 31.2 Å². The highest BCUT2D eigenvalue weighted by Crippen LogP contribution is 2.28. The lowest BCUT2D eigenvalue weighted by Crippen LogP contribution is -2.37. The van der Waals surface area contributed by atoms with E-state index in [1.165, 1.54) is 0 Å². The molecule has 0 radical (unpaired) electrons. The number of ether oxygens (including phenoxy) is 1. The lowest BCUT2D eigenvalue weighted by atomic mass is 10.1. The van der Waals surface area contributed by atoms with Crippen molar-refractivity contribution in [2.45, 2.75) is 0 Å². The third-order valence-corrected chi connectivity index (χ3v) is 4.55. The highest BCUT2D eigenvalue weighted by atomic mass is 79.9. The Kier molecular flexibility index (Phi) is 4.14. The fourth-order valence-corrected chi connectivity index (χ4v) is 2.78. The summed E-state index contributed by atoms with van der Waals surface area (Å²) in [6.45, 7) is 3.10. The van der Waals surface area contributed by atoms with Crippen molar-refractivity contribution in [3.8, 4) is 11.3 Å². The minimum absolute atomic E-state index is 0.573. The molecule has 1 fully saturated rings. The van der Waals surface area contributed by atoms with Crippen LogP contribution in [0.3, 0.4) is 0 Å². The van der Waals surface area contributed by atoms with Crippen LogP contribution < -0.4 is 4.90 Å². The molecule has 0 spiro atoms. The Balaban J connectivity index is 2.06. The zero-order chi connectivity index (χ0) is 13.9. The van der Waals surface area contributed by atoms with Crippen molar-refractivity contribution in [1.82, 2.24) is 9.97 Å². The van der Waals surface area contributed by atoms with Crippen LogP contribution in [0.15, 0.2) is 34.8 Å². The number of H-pyrrole nitrogens is 1. The van der Waals surface area contributed by atoms with Gasteiger partial charge in [0.05, 0.1) is 23.4 Å². The van der Waals surface area contributed by atoms with E-state index in [9.17, 15) is 0 Å². The fourth-order valence-electron chi connectivity index (χ4n) is 2.18. The number of nitrogens with zero attached hydrogens (tertiary/aromatic N) is 2. The van der Waals surface area contributed by atoms with Crippen LogP contribution in [0.1, 0.15) is 0 Å². The standard InChI is InChI=1S/C14H14BrN3OS/c15-11-12(10-4-2-1-3-5-10)16-14(17-13(11)20)18-6-8-19-9-7-18/h1-5H,6-9H2,(H,16,17,20). The lowest BCUT2D eigenvalue weighted by Gasteiger charge is -2.27. The number of morpholine rings is 1. The Morgan fingerprint density at radius 1 is 1.20 bits per heavy atom. The fraction of sp³-hybridized carbons (Fsp3) is 0.286. The second kappa shape index (κ2) is 6.03. The zero-order valence-electron chi connectivity index (χ0n) is 10.8. The molecule has 1 saturated heterocycles. The van der Waals surface area contributed by atoms with E-state index in [2.05, 4.69) is 42.9 Å². The summed E-state index contributed by atoms with van der Waals surface area (Å²) in [5, 5.41) is 0. The highest BCUT2D eigenvalue weighted by Gasteiger charge is 2.16. The third-order valence-electron chi connectivity index (χ3n) is 3.22. The first-order valence-electron chi connectivity index (χ1n) is 6.43. The monoisotopic (exact) mass is 351 g/mol. The third kappa shape index (κ3) is 2.77. The average Bonchev–Trinajstić information content (AvgIpc) is 2.51. The van der Waals surface area contributed by atoms with Crippen LogP contribution in [0.2, 0.25) is 0 Å². The van der Waals surface area contributed by atoms with Crippen LogP contribution in [0.5, 0.6) is 0 Å². The smallest absolute Gasteiger partial charge is 0.204 e. The Morgan fingerprint density at radius 2 is 1.90 bits per heavy atom. The number of hydrogen-bond acceptors (Lipinski definition) is 4. The van der Waals surface area contributed by atoms with Crippen molar-refractivity contribution in [1.29, 1.82) is 0 Å². The number of anilines is 1. The van der Waals surface area contributed by atoms with Gasteiger partial charge in [-0.15, -0.1) is 0 Å². The number of nitrogens with one attached hydrogen (secondary N) is 1. The van der Waals surface area contributed by atoms with E-state index in [4.69, 9.17) is 17.0 Å². The Labute approximate surface area is 130 Å². The molecule has 1 aliphatic heterocycles. The lowest BCUT2D eigenvalue weighted by molar-refractivity contribution is 0.122. The maximum Gasteiger partial charge on any atom is 0.204 e. The minimum Gasteiger partial charge on any atom is -0.378 e. The van der Waals surface area contributed by atoms with Crippen molar-refractivity contribution >= 4 is 34.1 Å². The second-order valence-electron chi connectivity index (χ2n) is 4.52. The van der Waals surface area contributed by atoms with Crippen molar-refractivity contribution in [2.24, 2.45) is 0 Å². The summed E-state index contributed by atoms with van der Waals surface area (Å²) >= 11 is 8.90. The summed E-state index contributed by atoms with van der Waals surface area (Å²) in [5.41, 5.74) is 2.05. The zero-order valence-corrected chi connectivity index (χ0v) is 13.2. The normalized spacial score (nSPS) is 15.3. The molecule has 6 heteroatoms. The average molecular weight is 352 g/mol. The quantitative estimate of drug-likeness (QED) is 0.841. The molecule has 0 atom stereocenters. The van der Waals surface area contributed by atoms with Crippen molar-refractivity contribution in [3.63, 3.8) is 0 Å². The Bertz CT molecular complexity index is 653. The van der Waals surface area contributed by atoms with Crippen molar-refractivity contribution < 1.29 is 4.74 Å². The van der Waals surface area contributed by atoms with E-state index in [1.807, 2.05) is 18.2 Å². The molecule has 2 aromatic rings. The molecule has 1 aromatic carbocycles. The van der Waals surface area contributed by atoms with E-state index in [0.29, 0.717) is 4.64 Å². The Morgan fingerprint density at radius 3 is 2.60 bits per heavy atom. The maximum atomic E-state index is 5.37. The first kappa shape index (κ1) is 13.7. The predicted molar refractivity (Wildman–Crippen MR) is 85.6 cm³/mol. The second-order valence-corrected chi connectivity index (χ2v) is 5.70.